The van der Waals surface area contributed by atoms with Gasteiger partial charge < -0.3 is 10.0 Å². The molecule has 0 spiro atoms. The van der Waals surface area contributed by atoms with Crippen molar-refractivity contribution in [2.45, 2.75) is 25.4 Å². The van der Waals surface area contributed by atoms with E-state index in [1.54, 1.807) is 0 Å². The molecule has 0 aliphatic carbocycles. The third-order valence-corrected chi connectivity index (χ3v) is 4.06. The second kappa shape index (κ2) is 6.19. The van der Waals surface area contributed by atoms with E-state index in [0.717, 1.165) is 23.0 Å². The summed E-state index contributed by atoms with van der Waals surface area (Å²) in [5.74, 6) is 0. The summed E-state index contributed by atoms with van der Waals surface area (Å²) in [5, 5.41) is 10.8. The third-order valence-electron chi connectivity index (χ3n) is 3.24. The Morgan fingerprint density at radius 2 is 2.06 bits per heavy atom. The Bertz CT molecular complexity index is 380. The molecule has 1 aromatic carbocycles. The van der Waals surface area contributed by atoms with Crippen LogP contribution in [0.5, 0.6) is 0 Å². The van der Waals surface area contributed by atoms with Gasteiger partial charge in [-0.05, 0) is 50.0 Å². The van der Waals surface area contributed by atoms with E-state index < -0.39 is 6.10 Å². The van der Waals surface area contributed by atoms with E-state index in [1.807, 2.05) is 18.2 Å². The van der Waals surface area contributed by atoms with Crippen molar-refractivity contribution in [1.29, 1.82) is 0 Å². The van der Waals surface area contributed by atoms with Crippen LogP contribution in [0.2, 0.25) is 5.02 Å². The van der Waals surface area contributed by atoms with Crippen LogP contribution in [-0.2, 0) is 0 Å². The fraction of sp³-hybridized carbons (Fsp3) is 0.538. The molecule has 94 valence electrons. The maximum Gasteiger partial charge on any atom is 0.0816 e. The van der Waals surface area contributed by atoms with Crippen molar-refractivity contribution in [3.8, 4) is 0 Å². The molecule has 0 saturated carbocycles. The maximum atomic E-state index is 10.1. The van der Waals surface area contributed by atoms with Crippen molar-refractivity contribution in [2.24, 2.45) is 0 Å². The summed E-state index contributed by atoms with van der Waals surface area (Å²) in [7, 11) is 0. The van der Waals surface area contributed by atoms with Crippen molar-refractivity contribution < 1.29 is 5.11 Å². The minimum absolute atomic E-state index is 0.462. The van der Waals surface area contributed by atoms with Crippen molar-refractivity contribution in [2.75, 3.05) is 19.6 Å². The Morgan fingerprint density at radius 1 is 1.35 bits per heavy atom. The summed E-state index contributed by atoms with van der Waals surface area (Å²) in [5.41, 5.74) is 0.828. The smallest absolute Gasteiger partial charge is 0.0816 e. The molecule has 1 heterocycles. The molecule has 0 bridgehead atoms. The van der Waals surface area contributed by atoms with Crippen molar-refractivity contribution in [3.05, 3.63) is 33.3 Å². The van der Waals surface area contributed by atoms with Crippen LogP contribution >= 0.6 is 27.5 Å². The summed E-state index contributed by atoms with van der Waals surface area (Å²) in [6, 6.07) is 5.64. The van der Waals surface area contributed by atoms with Gasteiger partial charge in [-0.1, -0.05) is 33.6 Å². The van der Waals surface area contributed by atoms with Gasteiger partial charge in [0.1, 0.15) is 0 Å². The Kier molecular flexibility index (Phi) is 4.86. The van der Waals surface area contributed by atoms with Gasteiger partial charge in [-0.2, -0.15) is 0 Å². The zero-order valence-electron chi connectivity index (χ0n) is 9.70. The fourth-order valence-corrected chi connectivity index (χ4v) is 3.04. The lowest BCUT2D eigenvalue weighted by molar-refractivity contribution is 0.149. The quantitative estimate of drug-likeness (QED) is 0.916. The van der Waals surface area contributed by atoms with Crippen LogP contribution in [0.25, 0.3) is 0 Å². The highest BCUT2D eigenvalue weighted by atomic mass is 79.9. The first-order chi connectivity index (χ1) is 8.16. The molecule has 0 radical (unpaired) electrons. The van der Waals surface area contributed by atoms with Crippen LogP contribution in [0.1, 0.15) is 30.9 Å². The van der Waals surface area contributed by atoms with E-state index >= 15 is 0 Å². The first kappa shape index (κ1) is 13.3. The number of aliphatic hydroxyl groups is 1. The zero-order valence-corrected chi connectivity index (χ0v) is 12.0. The van der Waals surface area contributed by atoms with E-state index in [2.05, 4.69) is 20.8 Å². The largest absolute Gasteiger partial charge is 0.388 e. The summed E-state index contributed by atoms with van der Waals surface area (Å²) in [4.78, 5) is 2.40. The van der Waals surface area contributed by atoms with E-state index in [1.165, 1.54) is 25.9 Å². The molecule has 1 aliphatic rings. The second-order valence-electron chi connectivity index (χ2n) is 4.52. The lowest BCUT2D eigenvalue weighted by atomic mass is 10.1. The molecule has 2 nitrogen and oxygen atoms in total. The lowest BCUT2D eigenvalue weighted by Gasteiger charge is -2.18. The highest BCUT2D eigenvalue weighted by Crippen LogP contribution is 2.28. The average Bonchev–Trinajstić information content (AvgIpc) is 2.78. The van der Waals surface area contributed by atoms with Gasteiger partial charge in [-0.25, -0.2) is 0 Å². The number of aliphatic hydroxyl groups excluding tert-OH is 1. The molecule has 1 atom stereocenters. The van der Waals surface area contributed by atoms with Gasteiger partial charge >= 0.3 is 0 Å². The molecule has 1 unspecified atom stereocenters. The number of hydrogen-bond acceptors (Lipinski definition) is 2. The lowest BCUT2D eigenvalue weighted by Crippen LogP contribution is -2.22. The molecule has 4 heteroatoms. The predicted octanol–water partition coefficient (Wildman–Crippen LogP) is 3.62. The molecule has 2 rings (SSSR count). The van der Waals surface area contributed by atoms with Gasteiger partial charge in [0.05, 0.1) is 6.10 Å². The number of hydrogen-bond donors (Lipinski definition) is 1. The van der Waals surface area contributed by atoms with E-state index in [4.69, 9.17) is 11.6 Å². The SMILES string of the molecule is OC(CCN1CCCC1)c1ccc(Br)cc1Cl. The van der Waals surface area contributed by atoms with Crippen LogP contribution in [-0.4, -0.2) is 29.6 Å². The highest BCUT2D eigenvalue weighted by Gasteiger charge is 2.16. The normalized spacial score (nSPS) is 18.5. The summed E-state index contributed by atoms with van der Waals surface area (Å²) in [6.07, 6.45) is 2.86. The predicted molar refractivity (Wildman–Crippen MR) is 74.4 cm³/mol. The first-order valence-corrected chi connectivity index (χ1v) is 7.19. The molecule has 1 N–H and O–H groups in total. The van der Waals surface area contributed by atoms with Crippen LogP contribution in [0.15, 0.2) is 22.7 Å². The monoisotopic (exact) mass is 317 g/mol. The van der Waals surface area contributed by atoms with Crippen LogP contribution < -0.4 is 0 Å². The van der Waals surface area contributed by atoms with Crippen molar-refractivity contribution >= 4 is 27.5 Å². The van der Waals surface area contributed by atoms with Gasteiger partial charge in [0.2, 0.25) is 0 Å². The van der Waals surface area contributed by atoms with Crippen LogP contribution in [0, 0.1) is 0 Å². The zero-order chi connectivity index (χ0) is 12.3. The minimum atomic E-state index is -0.462. The van der Waals surface area contributed by atoms with Gasteiger partial charge in [0.25, 0.3) is 0 Å². The van der Waals surface area contributed by atoms with Gasteiger partial charge in [-0.15, -0.1) is 0 Å². The Morgan fingerprint density at radius 3 is 2.71 bits per heavy atom. The first-order valence-electron chi connectivity index (χ1n) is 6.02. The summed E-state index contributed by atoms with van der Waals surface area (Å²) >= 11 is 9.48. The Balaban J connectivity index is 1.91. The van der Waals surface area contributed by atoms with E-state index in [9.17, 15) is 5.11 Å². The molecule has 1 aromatic rings. The Labute approximate surface area is 116 Å². The number of nitrogens with zero attached hydrogens (tertiary/aromatic N) is 1. The number of rotatable bonds is 4. The summed E-state index contributed by atoms with van der Waals surface area (Å²) in [6.45, 7) is 3.29. The molecular weight excluding hydrogens is 302 g/mol. The van der Waals surface area contributed by atoms with E-state index in [-0.39, 0.29) is 0 Å². The molecule has 1 fully saturated rings. The average molecular weight is 319 g/mol. The van der Waals surface area contributed by atoms with Crippen LogP contribution in [0.3, 0.4) is 0 Å². The number of halogens is 2. The summed E-state index contributed by atoms with van der Waals surface area (Å²) < 4.78 is 0.943. The molecule has 0 amide bonds. The topological polar surface area (TPSA) is 23.5 Å². The number of benzene rings is 1. The molecule has 1 saturated heterocycles. The molecular formula is C13H17BrClNO. The van der Waals surface area contributed by atoms with Gasteiger partial charge in [0.15, 0.2) is 0 Å². The van der Waals surface area contributed by atoms with Gasteiger partial charge in [-0.3, -0.25) is 0 Å². The second-order valence-corrected chi connectivity index (χ2v) is 5.84. The standard InChI is InChI=1S/C13H17BrClNO/c14-10-3-4-11(12(15)9-10)13(17)5-8-16-6-1-2-7-16/h3-4,9,13,17H,1-2,5-8H2. The fourth-order valence-electron chi connectivity index (χ4n) is 2.24. The minimum Gasteiger partial charge on any atom is -0.388 e. The van der Waals surface area contributed by atoms with Gasteiger partial charge in [0, 0.05) is 16.0 Å². The third kappa shape index (κ3) is 3.68. The molecule has 1 aliphatic heterocycles. The highest BCUT2D eigenvalue weighted by molar-refractivity contribution is 9.10. The maximum absolute atomic E-state index is 10.1. The van der Waals surface area contributed by atoms with Crippen molar-refractivity contribution in [3.63, 3.8) is 0 Å². The molecule has 17 heavy (non-hydrogen) atoms. The van der Waals surface area contributed by atoms with Crippen LogP contribution in [0.4, 0.5) is 0 Å². The molecule has 0 aromatic heterocycles. The van der Waals surface area contributed by atoms with Crippen molar-refractivity contribution in [1.82, 2.24) is 4.90 Å². The Hall–Kier alpha value is -0.0900. The van der Waals surface area contributed by atoms with E-state index in [0.29, 0.717) is 5.02 Å². The number of likely N-dealkylation sites (tertiary alicyclic amines) is 1.